The quantitative estimate of drug-likeness (QED) is 0.567. The Labute approximate surface area is 114 Å². The maximum Gasteiger partial charge on any atom is 0.329 e. The summed E-state index contributed by atoms with van der Waals surface area (Å²) in [6, 6.07) is -0.719. The summed E-state index contributed by atoms with van der Waals surface area (Å²) in [6.45, 7) is 9.37. The van der Waals surface area contributed by atoms with Crippen molar-refractivity contribution in [3.63, 3.8) is 0 Å². The third-order valence-electron chi connectivity index (χ3n) is 3.49. The molecule has 0 aromatic heterocycles. The molecule has 0 aromatic rings. The highest BCUT2D eigenvalue weighted by Crippen LogP contribution is 2.25. The Morgan fingerprint density at radius 3 is 2.37 bits per heavy atom. The van der Waals surface area contributed by atoms with E-state index in [1.54, 1.807) is 19.1 Å². The van der Waals surface area contributed by atoms with E-state index in [1.165, 1.54) is 0 Å². The van der Waals surface area contributed by atoms with Crippen LogP contribution in [0.4, 0.5) is 0 Å². The third-order valence-corrected chi connectivity index (χ3v) is 3.49. The molecule has 0 spiro atoms. The van der Waals surface area contributed by atoms with Gasteiger partial charge in [-0.1, -0.05) is 25.0 Å². The second kappa shape index (κ2) is 7.77. The van der Waals surface area contributed by atoms with Crippen LogP contribution in [0.1, 0.15) is 32.6 Å². The molecule has 0 aromatic carbocycles. The van der Waals surface area contributed by atoms with Crippen LogP contribution in [0.2, 0.25) is 0 Å². The number of rotatable bonds is 7. The predicted octanol–water partition coefficient (Wildman–Crippen LogP) is 2.21. The fourth-order valence-corrected chi connectivity index (χ4v) is 2.37. The van der Waals surface area contributed by atoms with Crippen LogP contribution in [0.25, 0.3) is 0 Å². The van der Waals surface area contributed by atoms with Crippen LogP contribution < -0.4 is 5.32 Å². The van der Waals surface area contributed by atoms with Crippen molar-refractivity contribution >= 4 is 11.9 Å². The van der Waals surface area contributed by atoms with Gasteiger partial charge in [-0.3, -0.25) is 4.79 Å². The highest BCUT2D eigenvalue weighted by atomic mass is 16.5. The van der Waals surface area contributed by atoms with Crippen molar-refractivity contribution < 1.29 is 14.3 Å². The molecule has 0 radical (unpaired) electrons. The van der Waals surface area contributed by atoms with Gasteiger partial charge in [0.15, 0.2) is 0 Å². The lowest BCUT2D eigenvalue weighted by Gasteiger charge is -2.23. The molecule has 1 aliphatic carbocycles. The zero-order chi connectivity index (χ0) is 14.3. The largest absolute Gasteiger partial charge is 0.464 e. The van der Waals surface area contributed by atoms with E-state index in [2.05, 4.69) is 18.5 Å². The first-order valence-electron chi connectivity index (χ1n) is 6.86. The number of hydrogen-bond acceptors (Lipinski definition) is 3. The molecule has 0 heterocycles. The topological polar surface area (TPSA) is 55.4 Å². The minimum absolute atomic E-state index is 0.0206. The molecule has 1 unspecified atom stereocenters. The summed E-state index contributed by atoms with van der Waals surface area (Å²) in [5.74, 6) is -0.792. The maximum atomic E-state index is 12.1. The smallest absolute Gasteiger partial charge is 0.329 e. The van der Waals surface area contributed by atoms with E-state index in [0.29, 0.717) is 0 Å². The summed E-state index contributed by atoms with van der Waals surface area (Å²) >= 11 is 0. The van der Waals surface area contributed by atoms with Gasteiger partial charge in [-0.2, -0.15) is 0 Å². The summed E-state index contributed by atoms with van der Waals surface area (Å²) in [4.78, 5) is 24.0. The molecule has 1 amide bonds. The van der Waals surface area contributed by atoms with Gasteiger partial charge in [0.2, 0.25) is 5.91 Å². The summed E-state index contributed by atoms with van der Waals surface area (Å²) < 4.78 is 5.00. The minimum Gasteiger partial charge on any atom is -0.464 e. The molecule has 1 rings (SSSR count). The van der Waals surface area contributed by atoms with Gasteiger partial charge in [-0.05, 0) is 19.8 Å². The zero-order valence-electron chi connectivity index (χ0n) is 11.6. The van der Waals surface area contributed by atoms with Crippen LogP contribution in [0.5, 0.6) is 0 Å². The van der Waals surface area contributed by atoms with E-state index in [9.17, 15) is 9.59 Å². The zero-order valence-corrected chi connectivity index (χ0v) is 11.6. The Balaban J connectivity index is 2.71. The first-order valence-corrected chi connectivity index (χ1v) is 6.86. The van der Waals surface area contributed by atoms with Crippen LogP contribution >= 0.6 is 0 Å². The highest BCUT2D eigenvalue weighted by molar-refractivity contribution is 5.86. The van der Waals surface area contributed by atoms with Crippen molar-refractivity contribution in [3.05, 3.63) is 25.3 Å². The summed E-state index contributed by atoms with van der Waals surface area (Å²) in [5, 5.41) is 2.79. The van der Waals surface area contributed by atoms with Crippen LogP contribution in [0, 0.1) is 11.8 Å². The Morgan fingerprint density at radius 2 is 1.89 bits per heavy atom. The lowest BCUT2D eigenvalue weighted by atomic mass is 9.98. The summed E-state index contributed by atoms with van der Waals surface area (Å²) in [6.07, 6.45) is 7.15. The number of ether oxygens (including phenoxy) is 1. The monoisotopic (exact) mass is 265 g/mol. The van der Waals surface area contributed by atoms with Crippen LogP contribution in [-0.2, 0) is 14.3 Å². The SMILES string of the molecule is C=CC(C=C)C(NC(=O)C1CCCC1)C(=O)OCC. The third kappa shape index (κ3) is 4.23. The van der Waals surface area contributed by atoms with Gasteiger partial charge in [0, 0.05) is 11.8 Å². The fourth-order valence-electron chi connectivity index (χ4n) is 2.37. The van der Waals surface area contributed by atoms with E-state index < -0.39 is 12.0 Å². The molecular formula is C15H23NO3. The molecule has 0 bridgehead atoms. The minimum atomic E-state index is -0.719. The van der Waals surface area contributed by atoms with Crippen molar-refractivity contribution in [1.29, 1.82) is 0 Å². The lowest BCUT2D eigenvalue weighted by Crippen LogP contribution is -2.47. The van der Waals surface area contributed by atoms with E-state index >= 15 is 0 Å². The summed E-state index contributed by atoms with van der Waals surface area (Å²) in [5.41, 5.74) is 0. The van der Waals surface area contributed by atoms with Gasteiger partial charge < -0.3 is 10.1 Å². The van der Waals surface area contributed by atoms with Gasteiger partial charge in [0.1, 0.15) is 6.04 Å². The Morgan fingerprint density at radius 1 is 1.32 bits per heavy atom. The van der Waals surface area contributed by atoms with E-state index in [0.717, 1.165) is 25.7 Å². The predicted molar refractivity (Wildman–Crippen MR) is 74.4 cm³/mol. The maximum absolute atomic E-state index is 12.1. The molecular weight excluding hydrogens is 242 g/mol. The molecule has 4 heteroatoms. The number of carbonyl (C=O) groups excluding carboxylic acids is 2. The van der Waals surface area contributed by atoms with E-state index in [1.807, 2.05) is 0 Å². The second-order valence-electron chi connectivity index (χ2n) is 4.77. The number of carbonyl (C=O) groups is 2. The van der Waals surface area contributed by atoms with Crippen molar-refractivity contribution in [3.8, 4) is 0 Å². The molecule has 19 heavy (non-hydrogen) atoms. The van der Waals surface area contributed by atoms with Gasteiger partial charge in [0.25, 0.3) is 0 Å². The Bertz CT molecular complexity index is 337. The first-order chi connectivity index (χ1) is 9.13. The second-order valence-corrected chi connectivity index (χ2v) is 4.77. The molecule has 106 valence electrons. The van der Waals surface area contributed by atoms with Gasteiger partial charge in [0.05, 0.1) is 6.61 Å². The first kappa shape index (κ1) is 15.5. The van der Waals surface area contributed by atoms with E-state index in [4.69, 9.17) is 4.74 Å². The fraction of sp³-hybridized carbons (Fsp3) is 0.600. The van der Waals surface area contributed by atoms with Crippen LogP contribution in [0.15, 0.2) is 25.3 Å². The van der Waals surface area contributed by atoms with Crippen molar-refractivity contribution in [1.82, 2.24) is 5.32 Å². The van der Waals surface area contributed by atoms with Crippen molar-refractivity contribution in [2.24, 2.45) is 11.8 Å². The van der Waals surface area contributed by atoms with Crippen LogP contribution in [-0.4, -0.2) is 24.5 Å². The molecule has 1 saturated carbocycles. The van der Waals surface area contributed by atoms with E-state index in [-0.39, 0.29) is 24.3 Å². The Kier molecular flexibility index (Phi) is 6.33. The molecule has 4 nitrogen and oxygen atoms in total. The molecule has 1 atom stereocenters. The number of hydrogen-bond donors (Lipinski definition) is 1. The molecule has 0 aliphatic heterocycles. The lowest BCUT2D eigenvalue weighted by molar-refractivity contribution is -0.148. The average Bonchev–Trinajstić information content (AvgIpc) is 2.93. The average molecular weight is 265 g/mol. The molecule has 1 aliphatic rings. The standard InChI is InChI=1S/C15H23NO3/c1-4-11(5-2)13(15(18)19-6-3)16-14(17)12-9-7-8-10-12/h4-5,11-13H,1-2,6-10H2,3H3,(H,16,17). The van der Waals surface area contributed by atoms with Crippen LogP contribution in [0.3, 0.4) is 0 Å². The number of esters is 1. The number of nitrogens with one attached hydrogen (secondary N) is 1. The Hall–Kier alpha value is -1.58. The molecule has 1 fully saturated rings. The van der Waals surface area contributed by atoms with Crippen molar-refractivity contribution in [2.45, 2.75) is 38.6 Å². The van der Waals surface area contributed by atoms with Gasteiger partial charge >= 0.3 is 5.97 Å². The normalized spacial score (nSPS) is 16.9. The number of amides is 1. The highest BCUT2D eigenvalue weighted by Gasteiger charge is 2.31. The summed E-state index contributed by atoms with van der Waals surface area (Å²) in [7, 11) is 0. The van der Waals surface area contributed by atoms with Gasteiger partial charge in [-0.15, -0.1) is 13.2 Å². The van der Waals surface area contributed by atoms with Crippen molar-refractivity contribution in [2.75, 3.05) is 6.61 Å². The molecule has 0 saturated heterocycles. The molecule has 1 N–H and O–H groups in total. The van der Waals surface area contributed by atoms with Gasteiger partial charge in [-0.25, -0.2) is 4.79 Å².